The minimum atomic E-state index is 0.460. The lowest BCUT2D eigenvalue weighted by molar-refractivity contribution is 0.484. The highest BCUT2D eigenvalue weighted by Crippen LogP contribution is 2.37. The normalized spacial score (nSPS) is 27.8. The summed E-state index contributed by atoms with van der Waals surface area (Å²) in [6.07, 6.45) is 9.59. The molecule has 0 amide bonds. The van der Waals surface area contributed by atoms with E-state index in [1.165, 1.54) is 49.1 Å². The molecule has 0 radical (unpaired) electrons. The average Bonchev–Trinajstić information content (AvgIpc) is 2.47. The second-order valence-corrected chi connectivity index (χ2v) is 6.53. The Morgan fingerprint density at radius 3 is 3.00 bits per heavy atom. The monoisotopic (exact) mass is 263 g/mol. The molecule has 1 fully saturated rings. The largest absolute Gasteiger partial charge is 0.313 e. The van der Waals surface area contributed by atoms with Crippen LogP contribution >= 0.6 is 11.8 Å². The van der Waals surface area contributed by atoms with E-state index in [-0.39, 0.29) is 0 Å². The van der Waals surface area contributed by atoms with E-state index in [2.05, 4.69) is 16.5 Å². The molecule has 2 aliphatic rings. The van der Waals surface area contributed by atoms with Gasteiger partial charge in [0.25, 0.3) is 0 Å². The Morgan fingerprint density at radius 1 is 1.28 bits per heavy atom. The predicted octanol–water partition coefficient (Wildman–Crippen LogP) is 3.03. The lowest BCUT2D eigenvalue weighted by Crippen LogP contribution is -2.23. The molecular weight excluding hydrogens is 242 g/mol. The summed E-state index contributed by atoms with van der Waals surface area (Å²) in [5.74, 6) is 2.35. The minimum Gasteiger partial charge on any atom is -0.313 e. The van der Waals surface area contributed by atoms with Gasteiger partial charge >= 0.3 is 0 Å². The van der Waals surface area contributed by atoms with Gasteiger partial charge in [-0.2, -0.15) is 11.8 Å². The van der Waals surface area contributed by atoms with Crippen molar-refractivity contribution in [1.29, 1.82) is 0 Å². The van der Waals surface area contributed by atoms with Crippen LogP contribution in [0.25, 0.3) is 0 Å². The molecule has 0 saturated carbocycles. The molecule has 2 heterocycles. The zero-order valence-corrected chi connectivity index (χ0v) is 11.8. The SMILES string of the molecule is CNC1CCCc2nc(C3CCCCS3)ncc21. The molecule has 1 aromatic rings. The van der Waals surface area contributed by atoms with Gasteiger partial charge in [0.05, 0.1) is 5.25 Å². The molecule has 0 aromatic carbocycles. The van der Waals surface area contributed by atoms with E-state index < -0.39 is 0 Å². The lowest BCUT2D eigenvalue weighted by atomic mass is 9.92. The second kappa shape index (κ2) is 5.57. The highest BCUT2D eigenvalue weighted by Gasteiger charge is 2.24. The van der Waals surface area contributed by atoms with E-state index in [1.807, 2.05) is 18.8 Å². The van der Waals surface area contributed by atoms with Crippen molar-refractivity contribution in [3.63, 3.8) is 0 Å². The fourth-order valence-electron chi connectivity index (χ4n) is 2.96. The third-order valence-electron chi connectivity index (χ3n) is 4.02. The highest BCUT2D eigenvalue weighted by atomic mass is 32.2. The van der Waals surface area contributed by atoms with Gasteiger partial charge < -0.3 is 5.32 Å². The fraction of sp³-hybridized carbons (Fsp3) is 0.714. The van der Waals surface area contributed by atoms with Gasteiger partial charge in [0.15, 0.2) is 0 Å². The predicted molar refractivity (Wildman–Crippen MR) is 75.8 cm³/mol. The molecule has 1 aliphatic carbocycles. The summed E-state index contributed by atoms with van der Waals surface area (Å²) in [7, 11) is 2.03. The number of aryl methyl sites for hydroxylation is 1. The second-order valence-electron chi connectivity index (χ2n) is 5.22. The summed E-state index contributed by atoms with van der Waals surface area (Å²) >= 11 is 2.03. The summed E-state index contributed by atoms with van der Waals surface area (Å²) in [5.41, 5.74) is 2.62. The van der Waals surface area contributed by atoms with E-state index in [4.69, 9.17) is 4.98 Å². The maximum absolute atomic E-state index is 4.86. The number of aromatic nitrogens is 2. The van der Waals surface area contributed by atoms with Crippen LogP contribution in [-0.2, 0) is 6.42 Å². The van der Waals surface area contributed by atoms with E-state index >= 15 is 0 Å². The van der Waals surface area contributed by atoms with Crippen molar-refractivity contribution in [2.45, 2.75) is 49.8 Å². The van der Waals surface area contributed by atoms with Crippen molar-refractivity contribution in [2.24, 2.45) is 0 Å². The molecule has 3 nitrogen and oxygen atoms in total. The summed E-state index contributed by atoms with van der Waals surface area (Å²) in [6, 6.07) is 0.460. The van der Waals surface area contributed by atoms with E-state index in [1.54, 1.807) is 0 Å². The molecule has 18 heavy (non-hydrogen) atoms. The van der Waals surface area contributed by atoms with Crippen LogP contribution in [0.15, 0.2) is 6.20 Å². The van der Waals surface area contributed by atoms with Gasteiger partial charge in [0.1, 0.15) is 5.82 Å². The fourth-order valence-corrected chi connectivity index (χ4v) is 4.21. The van der Waals surface area contributed by atoms with Gasteiger partial charge in [0.2, 0.25) is 0 Å². The summed E-state index contributed by atoms with van der Waals surface area (Å²) in [6.45, 7) is 0. The molecule has 2 atom stereocenters. The first-order chi connectivity index (χ1) is 8.88. The Balaban J connectivity index is 1.85. The Morgan fingerprint density at radius 2 is 2.22 bits per heavy atom. The van der Waals surface area contributed by atoms with Gasteiger partial charge in [-0.1, -0.05) is 6.42 Å². The number of hydrogen-bond donors (Lipinski definition) is 1. The van der Waals surface area contributed by atoms with Gasteiger partial charge in [-0.25, -0.2) is 9.97 Å². The Hall–Kier alpha value is -0.610. The molecule has 1 saturated heterocycles. The standard InChI is InChI=1S/C14H21N3S/c1-15-11-5-4-6-12-10(11)9-16-14(17-12)13-7-2-3-8-18-13/h9,11,13,15H,2-8H2,1H3. The zero-order chi connectivity index (χ0) is 12.4. The number of nitrogens with one attached hydrogen (secondary N) is 1. The van der Waals surface area contributed by atoms with Crippen LogP contribution in [-0.4, -0.2) is 22.8 Å². The van der Waals surface area contributed by atoms with Crippen LogP contribution in [0.5, 0.6) is 0 Å². The van der Waals surface area contributed by atoms with Crippen LogP contribution in [0.4, 0.5) is 0 Å². The van der Waals surface area contributed by atoms with Crippen molar-refractivity contribution in [3.8, 4) is 0 Å². The van der Waals surface area contributed by atoms with E-state index in [0.717, 1.165) is 12.2 Å². The van der Waals surface area contributed by atoms with Crippen LogP contribution in [0.2, 0.25) is 0 Å². The van der Waals surface area contributed by atoms with Crippen molar-refractivity contribution in [1.82, 2.24) is 15.3 Å². The first kappa shape index (κ1) is 12.4. The third-order valence-corrected chi connectivity index (χ3v) is 5.39. The third kappa shape index (κ3) is 2.41. The topological polar surface area (TPSA) is 37.8 Å². The minimum absolute atomic E-state index is 0.460. The number of nitrogens with zero attached hydrogens (tertiary/aromatic N) is 2. The van der Waals surface area contributed by atoms with Crippen molar-refractivity contribution in [2.75, 3.05) is 12.8 Å². The molecule has 1 aromatic heterocycles. The van der Waals surface area contributed by atoms with Crippen LogP contribution in [0.3, 0.4) is 0 Å². The molecule has 1 N–H and O–H groups in total. The quantitative estimate of drug-likeness (QED) is 0.890. The first-order valence-electron chi connectivity index (χ1n) is 7.03. The summed E-state index contributed by atoms with van der Waals surface area (Å²) < 4.78 is 0. The van der Waals surface area contributed by atoms with E-state index in [9.17, 15) is 0 Å². The van der Waals surface area contributed by atoms with Crippen LogP contribution in [0.1, 0.15) is 60.5 Å². The molecule has 3 rings (SSSR count). The number of fused-ring (bicyclic) bond motifs is 1. The number of rotatable bonds is 2. The van der Waals surface area contributed by atoms with E-state index in [0.29, 0.717) is 11.3 Å². The Bertz CT molecular complexity index is 416. The number of thioether (sulfide) groups is 1. The highest BCUT2D eigenvalue weighted by molar-refractivity contribution is 7.99. The molecule has 2 unspecified atom stereocenters. The van der Waals surface area contributed by atoms with Crippen LogP contribution in [0, 0.1) is 0 Å². The molecular formula is C14H21N3S. The average molecular weight is 263 g/mol. The van der Waals surface area contributed by atoms with Gasteiger partial charge in [0, 0.05) is 23.5 Å². The summed E-state index contributed by atoms with van der Waals surface area (Å²) in [4.78, 5) is 9.51. The van der Waals surface area contributed by atoms with Gasteiger partial charge in [-0.05, 0) is 44.9 Å². The van der Waals surface area contributed by atoms with Crippen molar-refractivity contribution in [3.05, 3.63) is 23.3 Å². The lowest BCUT2D eigenvalue weighted by Gasteiger charge is -2.26. The molecule has 4 heteroatoms. The van der Waals surface area contributed by atoms with Gasteiger partial charge in [-0.15, -0.1) is 0 Å². The van der Waals surface area contributed by atoms with Crippen molar-refractivity contribution >= 4 is 11.8 Å². The van der Waals surface area contributed by atoms with Crippen molar-refractivity contribution < 1.29 is 0 Å². The molecule has 0 spiro atoms. The van der Waals surface area contributed by atoms with Crippen LogP contribution < -0.4 is 5.32 Å². The summed E-state index contributed by atoms with van der Waals surface area (Å²) in [5, 5.41) is 3.91. The smallest absolute Gasteiger partial charge is 0.141 e. The maximum atomic E-state index is 4.86. The number of hydrogen-bond acceptors (Lipinski definition) is 4. The zero-order valence-electron chi connectivity index (χ0n) is 11.0. The molecule has 1 aliphatic heterocycles. The molecule has 0 bridgehead atoms. The Labute approximate surface area is 113 Å². The maximum Gasteiger partial charge on any atom is 0.141 e. The molecule has 98 valence electrons. The van der Waals surface area contributed by atoms with Gasteiger partial charge in [-0.3, -0.25) is 0 Å². The Kier molecular flexibility index (Phi) is 3.85. The first-order valence-corrected chi connectivity index (χ1v) is 8.08.